The molecule has 1 heterocycles. The lowest BCUT2D eigenvalue weighted by atomic mass is 10.1. The summed E-state index contributed by atoms with van der Waals surface area (Å²) in [6.07, 6.45) is 2.43. The van der Waals surface area contributed by atoms with Gasteiger partial charge in [0.15, 0.2) is 5.17 Å². The van der Waals surface area contributed by atoms with Gasteiger partial charge in [0.25, 0.3) is 0 Å². The van der Waals surface area contributed by atoms with E-state index >= 15 is 0 Å². The van der Waals surface area contributed by atoms with Crippen LogP contribution in [0.1, 0.15) is 37.3 Å². The van der Waals surface area contributed by atoms with E-state index in [1.165, 1.54) is 11.8 Å². The Balaban J connectivity index is 1.53. The largest absolute Gasteiger partial charge is 0.326 e. The van der Waals surface area contributed by atoms with Crippen molar-refractivity contribution >= 4 is 40.1 Å². The van der Waals surface area contributed by atoms with Crippen LogP contribution in [0, 0.1) is 19.8 Å². The summed E-state index contributed by atoms with van der Waals surface area (Å²) in [5, 5.41) is 3.21. The van der Waals surface area contributed by atoms with E-state index in [2.05, 4.69) is 12.2 Å². The Hall–Kier alpha value is -2.60. The second kappa shape index (κ2) is 8.64. The van der Waals surface area contributed by atoms with Crippen LogP contribution in [0.2, 0.25) is 0 Å². The first-order valence-corrected chi connectivity index (χ1v) is 11.3. The van der Waals surface area contributed by atoms with Gasteiger partial charge >= 0.3 is 0 Å². The zero-order valence-electron chi connectivity index (χ0n) is 17.6. The van der Waals surface area contributed by atoms with Gasteiger partial charge in [0.05, 0.1) is 5.69 Å². The molecule has 1 saturated carbocycles. The van der Waals surface area contributed by atoms with Crippen molar-refractivity contribution in [1.82, 2.24) is 4.90 Å². The second-order valence-electron chi connectivity index (χ2n) is 8.19. The number of hydrogen-bond donors (Lipinski definition) is 1. The molecule has 30 heavy (non-hydrogen) atoms. The Morgan fingerprint density at radius 1 is 1.20 bits per heavy atom. The highest BCUT2D eigenvalue weighted by Gasteiger charge is 2.45. The van der Waals surface area contributed by atoms with Gasteiger partial charge in [-0.1, -0.05) is 42.1 Å². The Morgan fingerprint density at radius 3 is 2.67 bits per heavy atom. The number of nitrogens with zero attached hydrogens (tertiary/aromatic N) is 2. The van der Waals surface area contributed by atoms with Gasteiger partial charge in [0.1, 0.15) is 5.25 Å². The lowest BCUT2D eigenvalue weighted by Crippen LogP contribution is -2.41. The number of nitrogens with one attached hydrogen (secondary N) is 1. The Kier molecular flexibility index (Phi) is 5.95. The SMILES string of the molecule is Cc1cccc(N=C2S[C@@H](CC(=O)Nc3ccccc3C)C(=O)N2[C@H](C)C2CC2)c1. The highest BCUT2D eigenvalue weighted by molar-refractivity contribution is 8.15. The number of rotatable bonds is 6. The monoisotopic (exact) mass is 421 g/mol. The van der Waals surface area contributed by atoms with E-state index in [0.29, 0.717) is 11.1 Å². The molecule has 2 fully saturated rings. The summed E-state index contributed by atoms with van der Waals surface area (Å²) in [7, 11) is 0. The molecule has 5 nitrogen and oxygen atoms in total. The highest BCUT2D eigenvalue weighted by Crippen LogP contribution is 2.41. The molecule has 6 heteroatoms. The van der Waals surface area contributed by atoms with Crippen molar-refractivity contribution in [2.75, 3.05) is 5.32 Å². The molecule has 0 aromatic heterocycles. The summed E-state index contributed by atoms with van der Waals surface area (Å²) >= 11 is 1.41. The Morgan fingerprint density at radius 2 is 1.97 bits per heavy atom. The van der Waals surface area contributed by atoms with Crippen LogP contribution in [0.15, 0.2) is 53.5 Å². The van der Waals surface area contributed by atoms with Gasteiger partial charge in [-0.05, 0) is 68.9 Å². The van der Waals surface area contributed by atoms with Gasteiger partial charge < -0.3 is 5.32 Å². The fourth-order valence-electron chi connectivity index (χ4n) is 3.75. The first kappa shape index (κ1) is 20.7. The summed E-state index contributed by atoms with van der Waals surface area (Å²) in [6.45, 7) is 6.08. The maximum atomic E-state index is 13.2. The number of para-hydroxylation sites is 1. The molecule has 1 aliphatic carbocycles. The number of aryl methyl sites for hydroxylation is 2. The van der Waals surface area contributed by atoms with Gasteiger partial charge in [-0.2, -0.15) is 0 Å². The predicted octanol–water partition coefficient (Wildman–Crippen LogP) is 5.06. The van der Waals surface area contributed by atoms with Crippen LogP contribution in [-0.2, 0) is 9.59 Å². The molecular formula is C24H27N3O2S. The van der Waals surface area contributed by atoms with Crippen molar-refractivity contribution in [2.45, 2.75) is 51.3 Å². The maximum Gasteiger partial charge on any atom is 0.242 e. The molecule has 156 valence electrons. The number of benzene rings is 2. The van der Waals surface area contributed by atoms with E-state index in [1.54, 1.807) is 0 Å². The predicted molar refractivity (Wildman–Crippen MR) is 123 cm³/mol. The molecule has 4 rings (SSSR count). The number of anilines is 1. The first-order valence-electron chi connectivity index (χ1n) is 10.4. The van der Waals surface area contributed by atoms with Crippen molar-refractivity contribution in [2.24, 2.45) is 10.9 Å². The number of carbonyl (C=O) groups excluding carboxylic acids is 2. The van der Waals surface area contributed by atoms with E-state index in [-0.39, 0.29) is 24.3 Å². The van der Waals surface area contributed by atoms with Crippen molar-refractivity contribution < 1.29 is 9.59 Å². The fraction of sp³-hybridized carbons (Fsp3) is 0.375. The molecule has 2 aromatic carbocycles. The van der Waals surface area contributed by atoms with Crippen LogP contribution in [0.4, 0.5) is 11.4 Å². The lowest BCUT2D eigenvalue weighted by molar-refractivity contribution is -0.129. The van der Waals surface area contributed by atoms with Gasteiger partial charge in [-0.3, -0.25) is 14.5 Å². The summed E-state index contributed by atoms with van der Waals surface area (Å²) in [5.74, 6) is 0.369. The average Bonchev–Trinajstić information content (AvgIpc) is 3.50. The molecule has 2 aliphatic rings. The van der Waals surface area contributed by atoms with Crippen molar-refractivity contribution in [3.8, 4) is 0 Å². The van der Waals surface area contributed by atoms with Crippen LogP contribution in [0.3, 0.4) is 0 Å². The van der Waals surface area contributed by atoms with Crippen LogP contribution in [0.5, 0.6) is 0 Å². The number of amides is 2. The quantitative estimate of drug-likeness (QED) is 0.709. The second-order valence-corrected chi connectivity index (χ2v) is 9.36. The van der Waals surface area contributed by atoms with E-state index in [0.717, 1.165) is 35.3 Å². The molecule has 1 aliphatic heterocycles. The number of amidine groups is 1. The third-order valence-corrected chi connectivity index (χ3v) is 6.85. The van der Waals surface area contributed by atoms with Crippen LogP contribution in [0.25, 0.3) is 0 Å². The smallest absolute Gasteiger partial charge is 0.242 e. The molecule has 2 atom stereocenters. The van der Waals surface area contributed by atoms with E-state index in [9.17, 15) is 9.59 Å². The molecule has 0 bridgehead atoms. The number of thioether (sulfide) groups is 1. The highest BCUT2D eigenvalue weighted by atomic mass is 32.2. The minimum Gasteiger partial charge on any atom is -0.326 e. The maximum absolute atomic E-state index is 13.2. The summed E-state index contributed by atoms with van der Waals surface area (Å²) in [5.41, 5.74) is 3.75. The molecule has 2 amide bonds. The van der Waals surface area contributed by atoms with Crippen molar-refractivity contribution in [3.05, 3.63) is 59.7 Å². The molecule has 0 unspecified atom stereocenters. The minimum atomic E-state index is -0.446. The standard InChI is InChI=1S/C24H27N3O2S/c1-15-7-6-9-19(13-15)25-24-27(17(3)18-11-12-18)23(29)21(30-24)14-22(28)26-20-10-5-4-8-16(20)2/h4-10,13,17-18,21H,11-12,14H2,1-3H3,(H,26,28)/t17-,21+/m1/s1. The molecule has 1 N–H and O–H groups in total. The molecule has 0 radical (unpaired) electrons. The topological polar surface area (TPSA) is 61.8 Å². The van der Waals surface area contributed by atoms with E-state index in [4.69, 9.17) is 4.99 Å². The lowest BCUT2D eigenvalue weighted by Gasteiger charge is -2.24. The summed E-state index contributed by atoms with van der Waals surface area (Å²) < 4.78 is 0. The first-order chi connectivity index (χ1) is 14.4. The number of aliphatic imine (C=N–C) groups is 1. The molecule has 0 spiro atoms. The minimum absolute atomic E-state index is 0.00858. The number of carbonyl (C=O) groups is 2. The van der Waals surface area contributed by atoms with Gasteiger partial charge in [-0.25, -0.2) is 4.99 Å². The third-order valence-electron chi connectivity index (χ3n) is 5.69. The van der Waals surface area contributed by atoms with E-state index < -0.39 is 5.25 Å². The fourth-order valence-corrected chi connectivity index (χ4v) is 4.98. The Bertz CT molecular complexity index is 999. The molecule has 2 aromatic rings. The molecule has 1 saturated heterocycles. The summed E-state index contributed by atoms with van der Waals surface area (Å²) in [4.78, 5) is 32.5. The van der Waals surface area contributed by atoms with Crippen LogP contribution >= 0.6 is 11.8 Å². The Labute approximate surface area is 182 Å². The average molecular weight is 422 g/mol. The zero-order valence-corrected chi connectivity index (χ0v) is 18.4. The summed E-state index contributed by atoms with van der Waals surface area (Å²) in [6, 6.07) is 15.7. The van der Waals surface area contributed by atoms with Gasteiger partial charge in [0, 0.05) is 18.2 Å². The van der Waals surface area contributed by atoms with Crippen molar-refractivity contribution in [3.63, 3.8) is 0 Å². The molecular weight excluding hydrogens is 394 g/mol. The van der Waals surface area contributed by atoms with E-state index in [1.807, 2.05) is 67.3 Å². The van der Waals surface area contributed by atoms with Crippen LogP contribution in [-0.4, -0.2) is 33.2 Å². The van der Waals surface area contributed by atoms with Gasteiger partial charge in [-0.15, -0.1) is 0 Å². The normalized spacial score (nSPS) is 21.2. The van der Waals surface area contributed by atoms with Gasteiger partial charge in [0.2, 0.25) is 11.8 Å². The zero-order chi connectivity index (χ0) is 21.3. The number of hydrogen-bond acceptors (Lipinski definition) is 4. The van der Waals surface area contributed by atoms with Crippen molar-refractivity contribution in [1.29, 1.82) is 0 Å². The van der Waals surface area contributed by atoms with Crippen LogP contribution < -0.4 is 5.32 Å². The third kappa shape index (κ3) is 4.59.